The van der Waals surface area contributed by atoms with Crippen LogP contribution >= 0.6 is 0 Å². The first-order valence-electron chi connectivity index (χ1n) is 10.7. The Hall–Kier alpha value is -2.86. The van der Waals surface area contributed by atoms with Gasteiger partial charge in [0.15, 0.2) is 6.54 Å². The Balaban J connectivity index is 1.98. The van der Waals surface area contributed by atoms with Gasteiger partial charge in [0.1, 0.15) is 6.54 Å². The fraction of sp³-hybridized carbons (Fsp3) is 0.417. The normalized spacial score (nSPS) is 11.6. The highest BCUT2D eigenvalue weighted by Gasteiger charge is 2.16. The first-order chi connectivity index (χ1) is 14.4. The third-order valence-corrected chi connectivity index (χ3v) is 5.26. The number of carbonyl (C=O) groups excluding carboxylic acids is 2. The number of nitrogens with one attached hydrogen (secondary N) is 2. The molecule has 1 unspecified atom stereocenters. The van der Waals surface area contributed by atoms with E-state index >= 15 is 0 Å². The van der Waals surface area contributed by atoms with Gasteiger partial charge in [-0.3, -0.25) is 9.59 Å². The van der Waals surface area contributed by atoms with E-state index in [2.05, 4.69) is 41.4 Å². The van der Waals surface area contributed by atoms with Crippen LogP contribution in [0, 0.1) is 0 Å². The highest BCUT2D eigenvalue weighted by atomic mass is 16.2. The zero-order chi connectivity index (χ0) is 22.1. The van der Waals surface area contributed by atoms with Gasteiger partial charge >= 0.3 is 0 Å². The fourth-order valence-electron chi connectivity index (χ4n) is 3.37. The number of carbonyl (C=O) groups is 2. The molecule has 0 aromatic heterocycles. The van der Waals surface area contributed by atoms with E-state index in [1.54, 1.807) is 17.0 Å². The number of likely N-dealkylation sites (N-methyl/N-ethyl adjacent to an activating group) is 1. The van der Waals surface area contributed by atoms with Crippen molar-refractivity contribution in [3.05, 3.63) is 59.7 Å². The van der Waals surface area contributed by atoms with E-state index in [4.69, 9.17) is 0 Å². The van der Waals surface area contributed by atoms with Crippen LogP contribution in [0.15, 0.2) is 48.5 Å². The van der Waals surface area contributed by atoms with Crippen molar-refractivity contribution in [2.45, 2.75) is 27.3 Å². The van der Waals surface area contributed by atoms with Gasteiger partial charge in [-0.05, 0) is 51.1 Å². The lowest BCUT2D eigenvalue weighted by Crippen LogP contribution is -3.11. The molecule has 0 bridgehead atoms. The molecule has 0 saturated carbocycles. The number of anilines is 2. The van der Waals surface area contributed by atoms with Gasteiger partial charge in [0, 0.05) is 49.7 Å². The minimum atomic E-state index is -0.0517. The van der Waals surface area contributed by atoms with E-state index in [0.29, 0.717) is 30.9 Å². The molecule has 2 aromatic carbocycles. The minimum Gasteiger partial charge on any atom is -0.378 e. The van der Waals surface area contributed by atoms with E-state index in [0.717, 1.165) is 18.8 Å². The standard InChI is InChI=1S/C24H34N4O2/c1-6-27(17-19-12-14-22(15-13-19)26(4)5)18-23(29)25-21-11-9-10-20(16-21)24(30)28(7-2)8-3/h9-16H,6-8,17-18H2,1-5H3,(H,25,29)/p+1. The van der Waals surface area contributed by atoms with Crippen molar-refractivity contribution in [1.82, 2.24) is 4.90 Å². The molecule has 2 amide bonds. The smallest absolute Gasteiger partial charge is 0.279 e. The first-order valence-corrected chi connectivity index (χ1v) is 10.7. The van der Waals surface area contributed by atoms with Crippen molar-refractivity contribution in [3.8, 4) is 0 Å². The Bertz CT molecular complexity index is 829. The molecule has 0 saturated heterocycles. The van der Waals surface area contributed by atoms with Crippen LogP contribution in [0.3, 0.4) is 0 Å². The summed E-state index contributed by atoms with van der Waals surface area (Å²) in [6, 6.07) is 15.6. The Kier molecular flexibility index (Phi) is 8.87. The molecular formula is C24H35N4O2+. The van der Waals surface area contributed by atoms with Gasteiger partial charge in [0.25, 0.3) is 11.8 Å². The second-order valence-corrected chi connectivity index (χ2v) is 7.62. The molecule has 0 aliphatic rings. The second-order valence-electron chi connectivity index (χ2n) is 7.62. The van der Waals surface area contributed by atoms with E-state index in [-0.39, 0.29) is 11.8 Å². The minimum absolute atomic E-state index is 0.0157. The Morgan fingerprint density at radius 3 is 2.20 bits per heavy atom. The first kappa shape index (κ1) is 23.4. The zero-order valence-electron chi connectivity index (χ0n) is 18.9. The number of nitrogens with zero attached hydrogens (tertiary/aromatic N) is 2. The number of amides is 2. The van der Waals surface area contributed by atoms with Gasteiger partial charge in [-0.15, -0.1) is 0 Å². The van der Waals surface area contributed by atoms with Crippen molar-refractivity contribution in [2.75, 3.05) is 50.5 Å². The lowest BCUT2D eigenvalue weighted by molar-refractivity contribution is -0.903. The van der Waals surface area contributed by atoms with Crippen LogP contribution in [-0.2, 0) is 11.3 Å². The lowest BCUT2D eigenvalue weighted by Gasteiger charge is -2.20. The molecule has 0 heterocycles. The molecule has 6 heteroatoms. The van der Waals surface area contributed by atoms with Gasteiger partial charge in [-0.25, -0.2) is 0 Å². The van der Waals surface area contributed by atoms with Crippen LogP contribution in [0.2, 0.25) is 0 Å². The summed E-state index contributed by atoms with van der Waals surface area (Å²) in [5.41, 5.74) is 3.62. The summed E-state index contributed by atoms with van der Waals surface area (Å²) in [7, 11) is 4.04. The summed E-state index contributed by atoms with van der Waals surface area (Å²) in [5.74, 6) is -0.0673. The highest BCUT2D eigenvalue weighted by molar-refractivity contribution is 5.97. The van der Waals surface area contributed by atoms with E-state index in [1.807, 2.05) is 40.1 Å². The number of hydrogen-bond acceptors (Lipinski definition) is 3. The summed E-state index contributed by atoms with van der Waals surface area (Å²) in [6.45, 7) is 9.35. The van der Waals surface area contributed by atoms with Gasteiger partial charge in [0.05, 0.1) is 6.54 Å². The van der Waals surface area contributed by atoms with E-state index < -0.39 is 0 Å². The average Bonchev–Trinajstić information content (AvgIpc) is 2.74. The molecule has 2 aromatic rings. The Labute approximate surface area is 180 Å². The fourth-order valence-corrected chi connectivity index (χ4v) is 3.37. The van der Waals surface area contributed by atoms with Crippen LogP contribution in [0.1, 0.15) is 36.7 Å². The molecule has 30 heavy (non-hydrogen) atoms. The molecule has 0 aliphatic carbocycles. The molecule has 0 spiro atoms. The van der Waals surface area contributed by atoms with Crippen LogP contribution in [0.4, 0.5) is 11.4 Å². The maximum Gasteiger partial charge on any atom is 0.279 e. The van der Waals surface area contributed by atoms with Crippen LogP contribution < -0.4 is 15.1 Å². The summed E-state index contributed by atoms with van der Waals surface area (Å²) in [6.07, 6.45) is 0. The molecule has 2 rings (SSSR count). The molecule has 2 N–H and O–H groups in total. The largest absolute Gasteiger partial charge is 0.378 e. The van der Waals surface area contributed by atoms with Crippen molar-refractivity contribution in [3.63, 3.8) is 0 Å². The predicted molar refractivity (Wildman–Crippen MR) is 123 cm³/mol. The highest BCUT2D eigenvalue weighted by Crippen LogP contribution is 2.13. The van der Waals surface area contributed by atoms with Gasteiger partial charge in [-0.2, -0.15) is 0 Å². The molecule has 162 valence electrons. The van der Waals surface area contributed by atoms with Crippen LogP contribution in [0.25, 0.3) is 0 Å². The van der Waals surface area contributed by atoms with Crippen LogP contribution in [0.5, 0.6) is 0 Å². The molecule has 0 aliphatic heterocycles. The van der Waals surface area contributed by atoms with Gasteiger partial charge in [-0.1, -0.05) is 18.2 Å². The van der Waals surface area contributed by atoms with Crippen molar-refractivity contribution >= 4 is 23.2 Å². The third kappa shape index (κ3) is 6.59. The van der Waals surface area contributed by atoms with Gasteiger partial charge < -0.3 is 20.0 Å². The van der Waals surface area contributed by atoms with Crippen molar-refractivity contribution < 1.29 is 14.5 Å². The van der Waals surface area contributed by atoms with Crippen molar-refractivity contribution in [2.24, 2.45) is 0 Å². The molecular weight excluding hydrogens is 376 g/mol. The predicted octanol–water partition coefficient (Wildman–Crippen LogP) is 2.28. The third-order valence-electron chi connectivity index (χ3n) is 5.26. The topological polar surface area (TPSA) is 57.1 Å². The Morgan fingerprint density at radius 1 is 0.967 bits per heavy atom. The SMILES string of the molecule is CCN(CC)C(=O)c1cccc(NC(=O)C[NH+](CC)Cc2ccc(N(C)C)cc2)c1. The monoisotopic (exact) mass is 411 g/mol. The Morgan fingerprint density at radius 2 is 1.63 bits per heavy atom. The number of hydrogen-bond donors (Lipinski definition) is 2. The summed E-state index contributed by atoms with van der Waals surface area (Å²) >= 11 is 0. The number of quaternary nitrogens is 1. The number of benzene rings is 2. The summed E-state index contributed by atoms with van der Waals surface area (Å²) in [5, 5.41) is 2.95. The zero-order valence-corrected chi connectivity index (χ0v) is 18.9. The number of rotatable bonds is 10. The summed E-state index contributed by atoms with van der Waals surface area (Å²) in [4.78, 5) is 30.2. The quantitative estimate of drug-likeness (QED) is 0.631. The maximum atomic E-state index is 12.6. The van der Waals surface area contributed by atoms with Gasteiger partial charge in [0.2, 0.25) is 0 Å². The lowest BCUT2D eigenvalue weighted by atomic mass is 10.1. The molecule has 6 nitrogen and oxygen atoms in total. The van der Waals surface area contributed by atoms with E-state index in [1.165, 1.54) is 10.5 Å². The molecule has 0 fully saturated rings. The second kappa shape index (κ2) is 11.4. The molecule has 0 radical (unpaired) electrons. The van der Waals surface area contributed by atoms with Crippen LogP contribution in [-0.4, -0.2) is 57.0 Å². The maximum absolute atomic E-state index is 12.6. The average molecular weight is 412 g/mol. The summed E-state index contributed by atoms with van der Waals surface area (Å²) < 4.78 is 0. The van der Waals surface area contributed by atoms with E-state index in [9.17, 15) is 9.59 Å². The molecule has 1 atom stereocenters. The van der Waals surface area contributed by atoms with Crippen molar-refractivity contribution in [1.29, 1.82) is 0 Å².